The van der Waals surface area contributed by atoms with Crippen molar-refractivity contribution in [1.82, 2.24) is 9.97 Å². The van der Waals surface area contributed by atoms with Crippen LogP contribution < -0.4 is 15.4 Å². The lowest BCUT2D eigenvalue weighted by molar-refractivity contribution is -0.137. The van der Waals surface area contributed by atoms with E-state index in [0.29, 0.717) is 22.7 Å². The van der Waals surface area contributed by atoms with Crippen LogP contribution in [0.1, 0.15) is 5.56 Å². The summed E-state index contributed by atoms with van der Waals surface area (Å²) in [6.45, 7) is 0. The number of ether oxygens (including phenoxy) is 1. The summed E-state index contributed by atoms with van der Waals surface area (Å²) >= 11 is 5.58. The molecule has 0 aliphatic heterocycles. The molecule has 2 N–H and O–H groups in total. The molecule has 0 spiro atoms. The number of carbonyl (C=O) groups excluding carboxylic acids is 1. The number of carbonyl (C=O) groups is 1. The molecule has 0 radical (unpaired) electrons. The number of benzene rings is 3. The lowest BCUT2D eigenvalue weighted by Gasteiger charge is -2.12. The Kier molecular flexibility index (Phi) is 5.83. The second kappa shape index (κ2) is 8.72. The highest BCUT2D eigenvalue weighted by Gasteiger charge is 2.33. The molecule has 4 aromatic rings. The number of fused-ring (bicyclic) bond motifs is 1. The van der Waals surface area contributed by atoms with Crippen molar-refractivity contribution in [2.75, 3.05) is 10.6 Å². The van der Waals surface area contributed by atoms with Crippen LogP contribution in [0.15, 0.2) is 73.1 Å². The first-order chi connectivity index (χ1) is 15.3. The lowest BCUT2D eigenvalue weighted by atomic mass is 10.2. The minimum atomic E-state index is -4.63. The molecule has 0 atom stereocenters. The number of urea groups is 1. The van der Waals surface area contributed by atoms with Gasteiger partial charge in [0.15, 0.2) is 0 Å². The zero-order valence-corrected chi connectivity index (χ0v) is 16.9. The van der Waals surface area contributed by atoms with E-state index in [1.165, 1.54) is 6.07 Å². The standard InChI is InChI=1S/C22H14ClF3N4O2/c23-18-7-3-14(11-17(18)22(24,25)26)30-21(31)29-13-1-4-15(5-2-13)32-16-6-8-19-20(12-16)28-10-9-27-19/h1-12H,(H2,29,30,31). The zero-order valence-electron chi connectivity index (χ0n) is 16.2. The summed E-state index contributed by atoms with van der Waals surface area (Å²) in [4.78, 5) is 20.6. The summed E-state index contributed by atoms with van der Waals surface area (Å²) in [7, 11) is 0. The molecule has 0 unspecified atom stereocenters. The number of alkyl halides is 3. The first kappa shape index (κ1) is 21.4. The van der Waals surface area contributed by atoms with E-state index in [4.69, 9.17) is 16.3 Å². The number of nitrogens with zero attached hydrogens (tertiary/aromatic N) is 2. The van der Waals surface area contributed by atoms with Gasteiger partial charge in [0.2, 0.25) is 0 Å². The Hall–Kier alpha value is -3.85. The van der Waals surface area contributed by atoms with Gasteiger partial charge in [0.25, 0.3) is 0 Å². The van der Waals surface area contributed by atoms with Crippen LogP contribution in [0.3, 0.4) is 0 Å². The van der Waals surface area contributed by atoms with E-state index < -0.39 is 22.8 Å². The van der Waals surface area contributed by atoms with Crippen molar-refractivity contribution in [2.24, 2.45) is 0 Å². The average molecular weight is 459 g/mol. The van der Waals surface area contributed by atoms with Crippen LogP contribution >= 0.6 is 11.6 Å². The molecule has 0 fully saturated rings. The van der Waals surface area contributed by atoms with Crippen LogP contribution in [0, 0.1) is 0 Å². The summed E-state index contributed by atoms with van der Waals surface area (Å²) in [5.41, 5.74) is 0.783. The molecular weight excluding hydrogens is 445 g/mol. The minimum Gasteiger partial charge on any atom is -0.457 e. The van der Waals surface area contributed by atoms with Gasteiger partial charge in [-0.15, -0.1) is 0 Å². The van der Waals surface area contributed by atoms with E-state index in [9.17, 15) is 18.0 Å². The van der Waals surface area contributed by atoms with Crippen LogP contribution in [-0.2, 0) is 6.18 Å². The van der Waals surface area contributed by atoms with Gasteiger partial charge in [-0.05, 0) is 54.6 Å². The maximum absolute atomic E-state index is 13.0. The van der Waals surface area contributed by atoms with Gasteiger partial charge in [-0.3, -0.25) is 9.97 Å². The van der Waals surface area contributed by atoms with E-state index in [-0.39, 0.29) is 5.69 Å². The monoisotopic (exact) mass is 458 g/mol. The molecule has 4 rings (SSSR count). The third-order valence-electron chi connectivity index (χ3n) is 4.32. The van der Waals surface area contributed by atoms with Gasteiger partial charge in [0, 0.05) is 29.8 Å². The smallest absolute Gasteiger partial charge is 0.417 e. The van der Waals surface area contributed by atoms with Crippen LogP contribution in [-0.4, -0.2) is 16.0 Å². The van der Waals surface area contributed by atoms with E-state index in [1.54, 1.807) is 54.9 Å². The van der Waals surface area contributed by atoms with Gasteiger partial charge in [0.05, 0.1) is 21.6 Å². The van der Waals surface area contributed by atoms with E-state index in [0.717, 1.165) is 17.6 Å². The highest BCUT2D eigenvalue weighted by Crippen LogP contribution is 2.36. The number of amides is 2. The van der Waals surface area contributed by atoms with E-state index >= 15 is 0 Å². The van der Waals surface area contributed by atoms with Crippen LogP contribution in [0.25, 0.3) is 11.0 Å². The predicted octanol–water partition coefficient (Wildman–Crippen LogP) is 6.74. The fourth-order valence-electron chi connectivity index (χ4n) is 2.86. The number of rotatable bonds is 4. The molecule has 162 valence electrons. The number of hydrogen-bond donors (Lipinski definition) is 2. The maximum atomic E-state index is 13.0. The SMILES string of the molecule is O=C(Nc1ccc(Oc2ccc3nccnc3c2)cc1)Nc1ccc(Cl)c(C(F)(F)F)c1. The summed E-state index contributed by atoms with van der Waals surface area (Å²) in [6.07, 6.45) is -1.43. The third-order valence-corrected chi connectivity index (χ3v) is 4.65. The van der Waals surface area contributed by atoms with Crippen molar-refractivity contribution >= 4 is 40.0 Å². The number of halogens is 4. The molecule has 0 saturated carbocycles. The Morgan fingerprint density at radius 2 is 1.44 bits per heavy atom. The second-order valence-corrected chi connectivity index (χ2v) is 7.01. The molecule has 0 saturated heterocycles. The summed E-state index contributed by atoms with van der Waals surface area (Å²) in [5, 5.41) is 4.44. The number of hydrogen-bond acceptors (Lipinski definition) is 4. The summed E-state index contributed by atoms with van der Waals surface area (Å²) < 4.78 is 44.6. The van der Waals surface area contributed by atoms with Gasteiger partial charge >= 0.3 is 12.2 Å². The predicted molar refractivity (Wildman–Crippen MR) is 115 cm³/mol. The van der Waals surface area contributed by atoms with Gasteiger partial charge in [-0.2, -0.15) is 13.2 Å². The quantitative estimate of drug-likeness (QED) is 0.355. The summed E-state index contributed by atoms with van der Waals surface area (Å²) in [6, 6.07) is 14.2. The molecule has 1 aromatic heterocycles. The lowest BCUT2D eigenvalue weighted by Crippen LogP contribution is -2.19. The Morgan fingerprint density at radius 1 is 0.812 bits per heavy atom. The topological polar surface area (TPSA) is 76.1 Å². The molecule has 0 bridgehead atoms. The van der Waals surface area contributed by atoms with Crippen molar-refractivity contribution < 1.29 is 22.7 Å². The number of anilines is 2. The fourth-order valence-corrected chi connectivity index (χ4v) is 3.09. The zero-order chi connectivity index (χ0) is 22.7. The van der Waals surface area contributed by atoms with Gasteiger partial charge in [0.1, 0.15) is 11.5 Å². The average Bonchev–Trinajstić information content (AvgIpc) is 2.75. The minimum absolute atomic E-state index is 0.0430. The molecule has 0 aliphatic carbocycles. The Balaban J connectivity index is 1.39. The number of aromatic nitrogens is 2. The number of nitrogens with one attached hydrogen (secondary N) is 2. The Labute approximate surface area is 185 Å². The van der Waals surface area contributed by atoms with Crippen molar-refractivity contribution in [3.63, 3.8) is 0 Å². The fraction of sp³-hybridized carbons (Fsp3) is 0.0455. The molecule has 32 heavy (non-hydrogen) atoms. The van der Waals surface area contributed by atoms with Crippen LogP contribution in [0.4, 0.5) is 29.3 Å². The molecule has 3 aromatic carbocycles. The van der Waals surface area contributed by atoms with Crippen LogP contribution in [0.5, 0.6) is 11.5 Å². The molecule has 0 aliphatic rings. The first-order valence-electron chi connectivity index (χ1n) is 9.21. The Bertz CT molecular complexity index is 1280. The van der Waals surface area contributed by atoms with Crippen molar-refractivity contribution in [1.29, 1.82) is 0 Å². The Morgan fingerprint density at radius 3 is 2.16 bits per heavy atom. The highest BCUT2D eigenvalue weighted by molar-refractivity contribution is 6.31. The van der Waals surface area contributed by atoms with Gasteiger partial charge < -0.3 is 15.4 Å². The van der Waals surface area contributed by atoms with Gasteiger partial charge in [-0.25, -0.2) is 4.79 Å². The van der Waals surface area contributed by atoms with Crippen LogP contribution in [0.2, 0.25) is 5.02 Å². The molecule has 10 heteroatoms. The molecule has 2 amide bonds. The first-order valence-corrected chi connectivity index (χ1v) is 9.59. The van der Waals surface area contributed by atoms with Crippen molar-refractivity contribution in [3.05, 3.63) is 83.6 Å². The van der Waals surface area contributed by atoms with E-state index in [1.807, 2.05) is 0 Å². The summed E-state index contributed by atoms with van der Waals surface area (Å²) in [5.74, 6) is 1.09. The molecule has 1 heterocycles. The van der Waals surface area contributed by atoms with Crippen molar-refractivity contribution in [2.45, 2.75) is 6.18 Å². The third kappa shape index (κ3) is 5.06. The molecular formula is C22H14ClF3N4O2. The van der Waals surface area contributed by atoms with Gasteiger partial charge in [-0.1, -0.05) is 11.6 Å². The van der Waals surface area contributed by atoms with E-state index in [2.05, 4.69) is 20.6 Å². The molecule has 6 nitrogen and oxygen atoms in total. The van der Waals surface area contributed by atoms with Crippen molar-refractivity contribution in [3.8, 4) is 11.5 Å². The largest absolute Gasteiger partial charge is 0.457 e. The normalized spacial score (nSPS) is 11.2. The maximum Gasteiger partial charge on any atom is 0.417 e. The highest BCUT2D eigenvalue weighted by atomic mass is 35.5. The second-order valence-electron chi connectivity index (χ2n) is 6.60.